The predicted octanol–water partition coefficient (Wildman–Crippen LogP) is 3.08. The maximum Gasteiger partial charge on any atom is 0.227 e. The Bertz CT molecular complexity index is 1660. The lowest BCUT2D eigenvalue weighted by molar-refractivity contribution is -0.234. The van der Waals surface area contributed by atoms with Crippen LogP contribution in [-0.4, -0.2) is 68.0 Å². The van der Waals surface area contributed by atoms with Gasteiger partial charge in [0, 0.05) is 29.2 Å². The van der Waals surface area contributed by atoms with Crippen molar-refractivity contribution >= 4 is 27.6 Å². The topological polar surface area (TPSA) is 122 Å². The Balaban J connectivity index is 1.31. The van der Waals surface area contributed by atoms with Crippen LogP contribution in [0.1, 0.15) is 11.1 Å². The largest absolute Gasteiger partial charge is 0.445 e. The molecule has 38 heavy (non-hydrogen) atoms. The molecule has 0 spiro atoms. The maximum atomic E-state index is 10.6. The number of benzene rings is 3. The van der Waals surface area contributed by atoms with Gasteiger partial charge in [-0.1, -0.05) is 42.5 Å². The van der Waals surface area contributed by atoms with Crippen LogP contribution in [-0.2, 0) is 16.0 Å². The first-order valence-corrected chi connectivity index (χ1v) is 12.5. The van der Waals surface area contributed by atoms with Crippen molar-refractivity contribution in [1.29, 1.82) is 0 Å². The fraction of sp³-hybridized carbons (Fsp3) is 0.241. The van der Waals surface area contributed by atoms with E-state index >= 15 is 0 Å². The van der Waals surface area contributed by atoms with Gasteiger partial charge < -0.3 is 33.8 Å². The summed E-state index contributed by atoms with van der Waals surface area (Å²) in [6.45, 7) is 0.162. The second kappa shape index (κ2) is 9.07. The van der Waals surface area contributed by atoms with E-state index in [0.29, 0.717) is 18.3 Å². The molecule has 5 aromatic rings. The van der Waals surface area contributed by atoms with Gasteiger partial charge in [-0.05, 0) is 34.5 Å². The molecular formula is C29H25N3O6. The summed E-state index contributed by atoms with van der Waals surface area (Å²) in [5.74, 6) is 0.837. The standard InChI is InChI=1S/C29H25N3O6/c33-15-23-25(34)26(35)24-29(37-23)38-28(31-24)21-14-32(13-16-5-6-17-3-1-2-4-18(17)11-16)22-12-19(7-8-20(21)22)27-30-9-10-36-27/h1-12,14,23-26,29,33-35H,13,15H2/t23-,24?,25-,26?,29-/m1/s1. The molecular weight excluding hydrogens is 486 g/mol. The Morgan fingerprint density at radius 1 is 0.947 bits per heavy atom. The number of nitrogens with zero attached hydrogens (tertiary/aromatic N) is 3. The van der Waals surface area contributed by atoms with E-state index in [4.69, 9.17) is 13.9 Å². The van der Waals surface area contributed by atoms with E-state index in [-0.39, 0.29) is 0 Å². The van der Waals surface area contributed by atoms with Gasteiger partial charge in [-0.25, -0.2) is 9.98 Å². The predicted molar refractivity (Wildman–Crippen MR) is 140 cm³/mol. The Hall–Kier alpha value is -4.02. The SMILES string of the molecule is OC[C@H]1O[C@@H]2OC(c3cn(Cc4ccc5ccccc5c4)c4cc(-c5ncco5)ccc34)=NC2C(O)[C@@H]1O. The molecule has 3 aromatic carbocycles. The molecule has 2 aliphatic rings. The Kier molecular flexibility index (Phi) is 5.52. The van der Waals surface area contributed by atoms with Crippen molar-refractivity contribution in [3.63, 3.8) is 0 Å². The fourth-order valence-electron chi connectivity index (χ4n) is 5.34. The minimum absolute atomic E-state index is 0.316. The summed E-state index contributed by atoms with van der Waals surface area (Å²) in [6.07, 6.45) is 0.811. The van der Waals surface area contributed by atoms with Crippen molar-refractivity contribution in [3.8, 4) is 11.5 Å². The minimum atomic E-state index is -1.26. The normalized spacial score (nSPS) is 24.9. The number of aliphatic hydroxyl groups is 3. The molecule has 2 unspecified atom stereocenters. The lowest BCUT2D eigenvalue weighted by atomic mass is 9.98. The Morgan fingerprint density at radius 2 is 1.82 bits per heavy atom. The van der Waals surface area contributed by atoms with Gasteiger partial charge in [0.1, 0.15) is 30.6 Å². The summed E-state index contributed by atoms with van der Waals surface area (Å²) in [5, 5.41) is 33.7. The van der Waals surface area contributed by atoms with Crippen LogP contribution in [0.15, 0.2) is 88.7 Å². The highest BCUT2D eigenvalue weighted by atomic mass is 16.7. The molecule has 9 heteroatoms. The first-order chi connectivity index (χ1) is 18.6. The van der Waals surface area contributed by atoms with Gasteiger partial charge in [0.05, 0.1) is 18.4 Å². The number of ether oxygens (including phenoxy) is 2. The van der Waals surface area contributed by atoms with Crippen LogP contribution < -0.4 is 0 Å². The van der Waals surface area contributed by atoms with E-state index in [1.54, 1.807) is 12.5 Å². The highest BCUT2D eigenvalue weighted by Crippen LogP contribution is 2.34. The average molecular weight is 512 g/mol. The van der Waals surface area contributed by atoms with Crippen molar-refractivity contribution in [3.05, 3.63) is 90.4 Å². The van der Waals surface area contributed by atoms with Crippen molar-refractivity contribution in [2.45, 2.75) is 37.2 Å². The van der Waals surface area contributed by atoms with Gasteiger partial charge in [0.2, 0.25) is 18.1 Å². The van der Waals surface area contributed by atoms with Crippen LogP contribution in [0.4, 0.5) is 0 Å². The van der Waals surface area contributed by atoms with Gasteiger partial charge in [-0.3, -0.25) is 0 Å². The van der Waals surface area contributed by atoms with Gasteiger partial charge in [0.15, 0.2) is 0 Å². The molecule has 1 fully saturated rings. The third-order valence-corrected chi connectivity index (χ3v) is 7.30. The second-order valence-corrected chi connectivity index (χ2v) is 9.67. The smallest absolute Gasteiger partial charge is 0.227 e. The van der Waals surface area contributed by atoms with Crippen LogP contribution >= 0.6 is 0 Å². The zero-order valence-electron chi connectivity index (χ0n) is 20.2. The molecule has 0 bridgehead atoms. The molecule has 2 aromatic heterocycles. The van der Waals surface area contributed by atoms with Crippen LogP contribution in [0.2, 0.25) is 0 Å². The number of aromatic nitrogens is 2. The zero-order valence-corrected chi connectivity index (χ0v) is 20.2. The number of oxazole rings is 1. The molecule has 1 saturated heterocycles. The van der Waals surface area contributed by atoms with Gasteiger partial charge in [-0.15, -0.1) is 0 Å². The highest BCUT2D eigenvalue weighted by molar-refractivity contribution is 6.08. The lowest BCUT2D eigenvalue weighted by Crippen LogP contribution is -2.56. The van der Waals surface area contributed by atoms with Crippen LogP contribution in [0.5, 0.6) is 0 Å². The average Bonchev–Trinajstić information content (AvgIpc) is 3.70. The van der Waals surface area contributed by atoms with Crippen LogP contribution in [0.25, 0.3) is 33.1 Å². The van der Waals surface area contributed by atoms with E-state index in [2.05, 4.69) is 44.9 Å². The molecule has 2 aliphatic heterocycles. The monoisotopic (exact) mass is 511 g/mol. The number of aliphatic imine (C=N–C) groups is 1. The molecule has 5 atom stereocenters. The summed E-state index contributed by atoms with van der Waals surface area (Å²) in [6, 6.07) is 19.8. The van der Waals surface area contributed by atoms with Crippen LogP contribution in [0, 0.1) is 0 Å². The van der Waals surface area contributed by atoms with E-state index in [0.717, 1.165) is 33.0 Å². The third-order valence-electron chi connectivity index (χ3n) is 7.30. The number of aliphatic hydroxyl groups excluding tert-OH is 3. The first-order valence-electron chi connectivity index (χ1n) is 12.5. The molecule has 7 rings (SSSR count). The summed E-state index contributed by atoms with van der Waals surface area (Å²) in [4.78, 5) is 8.89. The molecule has 0 radical (unpaired) electrons. The quantitative estimate of drug-likeness (QED) is 0.331. The minimum Gasteiger partial charge on any atom is -0.445 e. The zero-order chi connectivity index (χ0) is 25.8. The van der Waals surface area contributed by atoms with Gasteiger partial charge in [-0.2, -0.15) is 0 Å². The number of hydrogen-bond donors (Lipinski definition) is 3. The molecule has 4 heterocycles. The summed E-state index contributed by atoms with van der Waals surface area (Å²) >= 11 is 0. The lowest BCUT2D eigenvalue weighted by Gasteiger charge is -2.36. The number of fused-ring (bicyclic) bond motifs is 3. The molecule has 0 aliphatic carbocycles. The van der Waals surface area contributed by atoms with Gasteiger partial charge >= 0.3 is 0 Å². The van der Waals surface area contributed by atoms with Crippen molar-refractivity contribution in [2.24, 2.45) is 4.99 Å². The molecule has 0 saturated carbocycles. The summed E-state index contributed by atoms with van der Waals surface area (Å²) in [7, 11) is 0. The third kappa shape index (κ3) is 3.79. The van der Waals surface area contributed by atoms with Crippen molar-refractivity contribution in [1.82, 2.24) is 9.55 Å². The molecule has 0 amide bonds. The fourth-order valence-corrected chi connectivity index (χ4v) is 5.34. The highest BCUT2D eigenvalue weighted by Gasteiger charge is 2.49. The summed E-state index contributed by atoms with van der Waals surface area (Å²) < 4.78 is 19.4. The molecule has 3 N–H and O–H groups in total. The van der Waals surface area contributed by atoms with Crippen molar-refractivity contribution < 1.29 is 29.2 Å². The maximum absolute atomic E-state index is 10.6. The van der Waals surface area contributed by atoms with Gasteiger partial charge in [0.25, 0.3) is 0 Å². The van der Waals surface area contributed by atoms with E-state index in [9.17, 15) is 15.3 Å². The van der Waals surface area contributed by atoms with E-state index in [1.165, 1.54) is 5.39 Å². The second-order valence-electron chi connectivity index (χ2n) is 9.67. The Labute approximate surface area is 217 Å². The number of rotatable bonds is 5. The van der Waals surface area contributed by atoms with E-state index in [1.807, 2.05) is 36.5 Å². The van der Waals surface area contributed by atoms with Crippen molar-refractivity contribution in [2.75, 3.05) is 6.61 Å². The molecule has 9 nitrogen and oxygen atoms in total. The summed E-state index contributed by atoms with van der Waals surface area (Å²) in [5.41, 5.74) is 3.63. The number of hydrogen-bond acceptors (Lipinski definition) is 8. The molecule has 192 valence electrons. The first kappa shape index (κ1) is 23.1. The van der Waals surface area contributed by atoms with E-state index < -0.39 is 37.3 Å². The Morgan fingerprint density at radius 3 is 2.63 bits per heavy atom. The van der Waals surface area contributed by atoms with Crippen LogP contribution in [0.3, 0.4) is 0 Å².